The fourth-order valence-electron chi connectivity index (χ4n) is 4.56. The van der Waals surface area contributed by atoms with E-state index in [9.17, 15) is 5.11 Å². The van der Waals surface area contributed by atoms with Crippen LogP contribution in [0, 0.1) is 0 Å². The molecule has 3 N–H and O–H groups in total. The summed E-state index contributed by atoms with van der Waals surface area (Å²) in [4.78, 5) is 0. The normalized spacial score (nSPS) is 15.4. The summed E-state index contributed by atoms with van der Waals surface area (Å²) in [5.41, 5.74) is 6.94. The predicted octanol–water partition coefficient (Wildman–Crippen LogP) is 0.997. The lowest BCUT2D eigenvalue weighted by Crippen LogP contribution is -3.00. The van der Waals surface area contributed by atoms with E-state index in [1.807, 2.05) is 30.3 Å². The number of halogens is 1. The molecule has 0 bridgehead atoms. The molecule has 29 heavy (non-hydrogen) atoms. The summed E-state index contributed by atoms with van der Waals surface area (Å²) < 4.78 is 0. The second-order valence-corrected chi connectivity index (χ2v) is 7.98. The minimum absolute atomic E-state index is 0. The molecule has 0 fully saturated rings. The second kappa shape index (κ2) is 10.1. The molecule has 1 aliphatic rings. The maximum Gasteiger partial charge on any atom is 0.130 e. The molecular weight excluding hydrogens is 378 g/mol. The highest BCUT2D eigenvalue weighted by Crippen LogP contribution is 2.35. The number of aliphatic hydroxyl groups excluding tert-OH is 1. The van der Waals surface area contributed by atoms with Crippen molar-refractivity contribution >= 4 is 0 Å². The van der Waals surface area contributed by atoms with Crippen LogP contribution in [-0.4, -0.2) is 17.7 Å². The van der Waals surface area contributed by atoms with E-state index >= 15 is 0 Å². The van der Waals surface area contributed by atoms with Crippen molar-refractivity contribution in [2.75, 3.05) is 6.54 Å². The van der Waals surface area contributed by atoms with Crippen molar-refractivity contribution in [3.05, 3.63) is 107 Å². The van der Waals surface area contributed by atoms with Crippen molar-refractivity contribution in [1.29, 1.82) is 0 Å². The van der Waals surface area contributed by atoms with Gasteiger partial charge in [0, 0.05) is 12.3 Å². The predicted molar refractivity (Wildman–Crippen MR) is 114 cm³/mol. The van der Waals surface area contributed by atoms with Crippen LogP contribution in [0.3, 0.4) is 0 Å². The molecule has 0 aromatic heterocycles. The summed E-state index contributed by atoms with van der Waals surface area (Å²) in [5.74, 6) is 0.437. The van der Waals surface area contributed by atoms with Gasteiger partial charge in [-0.15, -0.1) is 0 Å². The summed E-state index contributed by atoms with van der Waals surface area (Å²) in [6.45, 7) is 3.12. The van der Waals surface area contributed by atoms with Crippen LogP contribution in [0.4, 0.5) is 0 Å². The Morgan fingerprint density at radius 2 is 1.34 bits per heavy atom. The molecule has 3 aromatic rings. The SMILES string of the molecule is CC([NH2+]CCC1c2ccccc2CCc2ccccc21)C(O)c1ccccc1.[Cl-]. The van der Waals surface area contributed by atoms with Crippen molar-refractivity contribution in [1.82, 2.24) is 0 Å². The average Bonchev–Trinajstić information content (AvgIpc) is 2.91. The first-order valence-electron chi connectivity index (χ1n) is 10.5. The van der Waals surface area contributed by atoms with E-state index in [1.54, 1.807) is 0 Å². The summed E-state index contributed by atoms with van der Waals surface area (Å²) in [6, 6.07) is 28.0. The second-order valence-electron chi connectivity index (χ2n) is 7.98. The Balaban J connectivity index is 0.00000240. The van der Waals surface area contributed by atoms with Crippen LogP contribution in [0.1, 0.15) is 53.2 Å². The number of quaternary nitrogens is 1. The van der Waals surface area contributed by atoms with Gasteiger partial charge in [0.2, 0.25) is 0 Å². The molecule has 0 saturated heterocycles. The largest absolute Gasteiger partial charge is 1.00 e. The smallest absolute Gasteiger partial charge is 0.130 e. The first-order chi connectivity index (χ1) is 13.7. The van der Waals surface area contributed by atoms with E-state index in [4.69, 9.17) is 0 Å². The Kier molecular flexibility index (Phi) is 7.49. The molecule has 0 aliphatic heterocycles. The third-order valence-electron chi connectivity index (χ3n) is 6.16. The van der Waals surface area contributed by atoms with Gasteiger partial charge in [-0.05, 0) is 47.6 Å². The standard InChI is InChI=1S/C26H29NO.ClH/c1-19(26(28)22-11-3-2-4-12-22)27-18-17-25-23-13-7-5-9-20(23)15-16-21-10-6-8-14-24(21)25;/h2-14,19,25-28H,15-18H2,1H3;1H. The zero-order valence-electron chi connectivity index (χ0n) is 17.0. The zero-order valence-corrected chi connectivity index (χ0v) is 17.7. The van der Waals surface area contributed by atoms with Gasteiger partial charge in [0.05, 0.1) is 6.54 Å². The van der Waals surface area contributed by atoms with Gasteiger partial charge < -0.3 is 22.8 Å². The molecule has 0 amide bonds. The molecule has 152 valence electrons. The number of fused-ring (bicyclic) bond motifs is 2. The van der Waals surface area contributed by atoms with Crippen molar-refractivity contribution < 1.29 is 22.8 Å². The zero-order chi connectivity index (χ0) is 19.3. The molecule has 2 unspecified atom stereocenters. The Hall–Kier alpha value is -2.13. The molecule has 0 saturated carbocycles. The number of nitrogens with two attached hydrogens (primary N) is 1. The van der Waals surface area contributed by atoms with E-state index in [0.29, 0.717) is 5.92 Å². The van der Waals surface area contributed by atoms with Gasteiger partial charge in [0.15, 0.2) is 0 Å². The average molecular weight is 408 g/mol. The van der Waals surface area contributed by atoms with E-state index in [1.165, 1.54) is 22.3 Å². The van der Waals surface area contributed by atoms with Crippen LogP contribution in [0.15, 0.2) is 78.9 Å². The molecule has 0 heterocycles. The molecule has 0 spiro atoms. The Morgan fingerprint density at radius 1 is 0.828 bits per heavy atom. The number of benzene rings is 3. The Bertz CT molecular complexity index is 864. The summed E-state index contributed by atoms with van der Waals surface area (Å²) in [7, 11) is 0. The fraction of sp³-hybridized carbons (Fsp3) is 0.308. The highest BCUT2D eigenvalue weighted by atomic mass is 35.5. The lowest BCUT2D eigenvalue weighted by Gasteiger charge is -2.22. The van der Waals surface area contributed by atoms with Crippen LogP contribution in [-0.2, 0) is 12.8 Å². The number of hydrogen-bond acceptors (Lipinski definition) is 1. The maximum atomic E-state index is 10.7. The minimum Gasteiger partial charge on any atom is -1.00 e. The van der Waals surface area contributed by atoms with Gasteiger partial charge in [0.1, 0.15) is 12.1 Å². The third-order valence-corrected chi connectivity index (χ3v) is 6.16. The van der Waals surface area contributed by atoms with Crippen molar-refractivity contribution in [3.8, 4) is 0 Å². The van der Waals surface area contributed by atoms with Crippen molar-refractivity contribution in [2.45, 2.75) is 44.2 Å². The summed E-state index contributed by atoms with van der Waals surface area (Å²) in [5, 5.41) is 13.0. The van der Waals surface area contributed by atoms with E-state index < -0.39 is 6.10 Å². The third kappa shape index (κ3) is 4.90. The van der Waals surface area contributed by atoms with Gasteiger partial charge in [-0.3, -0.25) is 0 Å². The van der Waals surface area contributed by atoms with Gasteiger partial charge >= 0.3 is 0 Å². The Labute approximate surface area is 180 Å². The number of aliphatic hydroxyl groups is 1. The highest BCUT2D eigenvalue weighted by Gasteiger charge is 2.25. The summed E-state index contributed by atoms with van der Waals surface area (Å²) >= 11 is 0. The number of hydrogen-bond donors (Lipinski definition) is 2. The van der Waals surface area contributed by atoms with Gasteiger partial charge in [0.25, 0.3) is 0 Å². The van der Waals surface area contributed by atoms with Gasteiger partial charge in [-0.25, -0.2) is 0 Å². The lowest BCUT2D eigenvalue weighted by atomic mass is 9.85. The van der Waals surface area contributed by atoms with Crippen molar-refractivity contribution in [2.24, 2.45) is 0 Å². The molecule has 2 atom stereocenters. The number of aryl methyl sites for hydroxylation is 2. The molecule has 1 aliphatic carbocycles. The molecule has 2 nitrogen and oxygen atoms in total. The molecule has 4 rings (SSSR count). The first-order valence-corrected chi connectivity index (χ1v) is 10.5. The molecule has 0 radical (unpaired) electrons. The van der Waals surface area contributed by atoms with Crippen LogP contribution in [0.2, 0.25) is 0 Å². The molecule has 3 aromatic carbocycles. The highest BCUT2D eigenvalue weighted by molar-refractivity contribution is 5.44. The molecular formula is C26H30ClNO. The van der Waals surface area contributed by atoms with Crippen molar-refractivity contribution in [3.63, 3.8) is 0 Å². The lowest BCUT2D eigenvalue weighted by molar-refractivity contribution is -0.694. The first kappa shape index (κ1) is 21.6. The fourth-order valence-corrected chi connectivity index (χ4v) is 4.56. The Morgan fingerprint density at radius 3 is 1.93 bits per heavy atom. The van der Waals surface area contributed by atoms with Gasteiger partial charge in [-0.2, -0.15) is 0 Å². The molecule has 3 heteroatoms. The van der Waals surface area contributed by atoms with Crippen LogP contribution < -0.4 is 17.7 Å². The maximum absolute atomic E-state index is 10.7. The van der Waals surface area contributed by atoms with Gasteiger partial charge in [-0.1, -0.05) is 78.9 Å². The summed E-state index contributed by atoms with van der Waals surface area (Å²) in [6.07, 6.45) is 2.89. The van der Waals surface area contributed by atoms with E-state index in [-0.39, 0.29) is 18.4 Å². The number of rotatable bonds is 6. The minimum atomic E-state index is -0.435. The van der Waals surface area contributed by atoms with Crippen LogP contribution >= 0.6 is 0 Å². The monoisotopic (exact) mass is 407 g/mol. The van der Waals surface area contributed by atoms with Crippen LogP contribution in [0.25, 0.3) is 0 Å². The quantitative estimate of drug-likeness (QED) is 0.628. The van der Waals surface area contributed by atoms with Crippen LogP contribution in [0.5, 0.6) is 0 Å². The topological polar surface area (TPSA) is 36.8 Å². The van der Waals surface area contributed by atoms with E-state index in [0.717, 1.165) is 31.4 Å². The van der Waals surface area contributed by atoms with E-state index in [2.05, 4.69) is 60.8 Å².